The molecule has 1 heterocycles. The standard InChI is InChI=1S/C16H35N3/c1-15(2)14-19-12-10-18(11-13-19)9-8-17-7-6-16(3,4)5/h15,17H,6-14H2,1-5H3. The first-order chi connectivity index (χ1) is 8.87. The Labute approximate surface area is 120 Å². The van der Waals surface area contributed by atoms with Crippen molar-refractivity contribution < 1.29 is 0 Å². The van der Waals surface area contributed by atoms with Crippen LogP contribution in [0.3, 0.4) is 0 Å². The molecule has 0 unspecified atom stereocenters. The summed E-state index contributed by atoms with van der Waals surface area (Å²) in [7, 11) is 0. The van der Waals surface area contributed by atoms with Gasteiger partial charge in [-0.15, -0.1) is 0 Å². The normalized spacial score (nSPS) is 19.3. The molecule has 0 aromatic rings. The van der Waals surface area contributed by atoms with Crippen LogP contribution in [0.2, 0.25) is 0 Å². The van der Waals surface area contributed by atoms with Crippen molar-refractivity contribution in [3.8, 4) is 0 Å². The third-order valence-corrected chi connectivity index (χ3v) is 3.74. The molecule has 1 saturated heterocycles. The number of piperazine rings is 1. The Kier molecular flexibility index (Phi) is 7.33. The summed E-state index contributed by atoms with van der Waals surface area (Å²) < 4.78 is 0. The van der Waals surface area contributed by atoms with Crippen molar-refractivity contribution in [3.05, 3.63) is 0 Å². The number of nitrogens with one attached hydrogen (secondary N) is 1. The van der Waals surface area contributed by atoms with Crippen LogP contribution >= 0.6 is 0 Å². The molecule has 3 heteroatoms. The van der Waals surface area contributed by atoms with Crippen LogP contribution in [0.15, 0.2) is 0 Å². The maximum Gasteiger partial charge on any atom is 0.0110 e. The molecule has 19 heavy (non-hydrogen) atoms. The topological polar surface area (TPSA) is 18.5 Å². The van der Waals surface area contributed by atoms with E-state index in [0.29, 0.717) is 5.41 Å². The fourth-order valence-electron chi connectivity index (χ4n) is 2.54. The van der Waals surface area contributed by atoms with Crippen molar-refractivity contribution >= 4 is 0 Å². The fraction of sp³-hybridized carbons (Fsp3) is 1.00. The Bertz CT molecular complexity index is 225. The van der Waals surface area contributed by atoms with Gasteiger partial charge in [0.05, 0.1) is 0 Å². The van der Waals surface area contributed by atoms with Gasteiger partial charge in [-0.25, -0.2) is 0 Å². The molecule has 0 amide bonds. The lowest BCUT2D eigenvalue weighted by atomic mass is 9.92. The van der Waals surface area contributed by atoms with Gasteiger partial charge in [-0.2, -0.15) is 0 Å². The fourth-order valence-corrected chi connectivity index (χ4v) is 2.54. The second kappa shape index (κ2) is 8.23. The van der Waals surface area contributed by atoms with Crippen LogP contribution in [0.25, 0.3) is 0 Å². The second-order valence-corrected chi connectivity index (χ2v) is 7.60. The Morgan fingerprint density at radius 2 is 1.53 bits per heavy atom. The third-order valence-electron chi connectivity index (χ3n) is 3.74. The molecule has 0 atom stereocenters. The largest absolute Gasteiger partial charge is 0.315 e. The Morgan fingerprint density at radius 1 is 0.947 bits per heavy atom. The summed E-state index contributed by atoms with van der Waals surface area (Å²) in [4.78, 5) is 5.20. The van der Waals surface area contributed by atoms with E-state index in [1.54, 1.807) is 0 Å². The van der Waals surface area contributed by atoms with Gasteiger partial charge in [0.25, 0.3) is 0 Å². The predicted molar refractivity (Wildman–Crippen MR) is 84.7 cm³/mol. The van der Waals surface area contributed by atoms with Crippen LogP contribution in [-0.4, -0.2) is 62.2 Å². The Morgan fingerprint density at radius 3 is 2.05 bits per heavy atom. The molecule has 0 aromatic carbocycles. The number of nitrogens with zero attached hydrogens (tertiary/aromatic N) is 2. The highest BCUT2D eigenvalue weighted by Gasteiger charge is 2.16. The lowest BCUT2D eigenvalue weighted by Gasteiger charge is -2.35. The first-order valence-corrected chi connectivity index (χ1v) is 8.02. The number of rotatable bonds is 7. The summed E-state index contributed by atoms with van der Waals surface area (Å²) in [6.07, 6.45) is 1.26. The van der Waals surface area contributed by atoms with Gasteiger partial charge < -0.3 is 10.2 Å². The van der Waals surface area contributed by atoms with Gasteiger partial charge in [0.15, 0.2) is 0 Å². The minimum Gasteiger partial charge on any atom is -0.315 e. The quantitative estimate of drug-likeness (QED) is 0.715. The highest BCUT2D eigenvalue weighted by molar-refractivity contribution is 4.73. The number of hydrogen-bond donors (Lipinski definition) is 1. The molecule has 0 saturated carbocycles. The van der Waals surface area contributed by atoms with Gasteiger partial charge in [0.2, 0.25) is 0 Å². The van der Waals surface area contributed by atoms with E-state index in [0.717, 1.165) is 19.0 Å². The van der Waals surface area contributed by atoms with Gasteiger partial charge >= 0.3 is 0 Å². The summed E-state index contributed by atoms with van der Waals surface area (Å²) in [5.74, 6) is 0.797. The summed E-state index contributed by atoms with van der Waals surface area (Å²) in [5.41, 5.74) is 0.454. The van der Waals surface area contributed by atoms with Gasteiger partial charge in [-0.1, -0.05) is 34.6 Å². The van der Waals surface area contributed by atoms with Gasteiger partial charge in [0, 0.05) is 45.8 Å². The molecule has 1 fully saturated rings. The first kappa shape index (κ1) is 16.9. The molecule has 0 spiro atoms. The van der Waals surface area contributed by atoms with E-state index in [1.807, 2.05) is 0 Å². The average Bonchev–Trinajstić information content (AvgIpc) is 2.28. The Hall–Kier alpha value is -0.120. The highest BCUT2D eigenvalue weighted by Crippen LogP contribution is 2.16. The first-order valence-electron chi connectivity index (χ1n) is 8.02. The molecule has 0 aromatic heterocycles. The maximum absolute atomic E-state index is 3.58. The second-order valence-electron chi connectivity index (χ2n) is 7.60. The van der Waals surface area contributed by atoms with E-state index in [4.69, 9.17) is 0 Å². The molecule has 0 aliphatic carbocycles. The van der Waals surface area contributed by atoms with Crippen LogP contribution in [0.1, 0.15) is 41.0 Å². The minimum absolute atomic E-state index is 0.454. The van der Waals surface area contributed by atoms with E-state index in [1.165, 1.54) is 45.7 Å². The van der Waals surface area contributed by atoms with Crippen LogP contribution in [0, 0.1) is 11.3 Å². The lowest BCUT2D eigenvalue weighted by Crippen LogP contribution is -2.48. The molecule has 0 radical (unpaired) electrons. The van der Waals surface area contributed by atoms with Crippen molar-refractivity contribution in [1.82, 2.24) is 15.1 Å². The maximum atomic E-state index is 3.58. The zero-order valence-corrected chi connectivity index (χ0v) is 13.8. The van der Waals surface area contributed by atoms with Crippen molar-refractivity contribution in [3.63, 3.8) is 0 Å². The summed E-state index contributed by atoms with van der Waals surface area (Å²) in [5, 5.41) is 3.58. The molecule has 1 N–H and O–H groups in total. The van der Waals surface area contributed by atoms with E-state index < -0.39 is 0 Å². The zero-order chi connectivity index (χ0) is 14.3. The summed E-state index contributed by atoms with van der Waals surface area (Å²) >= 11 is 0. The highest BCUT2D eigenvalue weighted by atomic mass is 15.3. The molecule has 1 aliphatic heterocycles. The molecule has 3 nitrogen and oxygen atoms in total. The van der Waals surface area contributed by atoms with Gasteiger partial charge in [0.1, 0.15) is 0 Å². The van der Waals surface area contributed by atoms with Crippen molar-refractivity contribution in [2.24, 2.45) is 11.3 Å². The lowest BCUT2D eigenvalue weighted by molar-refractivity contribution is 0.123. The Balaban J connectivity index is 2.01. The molecule has 1 aliphatic rings. The smallest absolute Gasteiger partial charge is 0.0110 e. The molecular formula is C16H35N3. The van der Waals surface area contributed by atoms with E-state index >= 15 is 0 Å². The van der Waals surface area contributed by atoms with Crippen LogP contribution in [0.5, 0.6) is 0 Å². The average molecular weight is 269 g/mol. The molecule has 1 rings (SSSR count). The summed E-state index contributed by atoms with van der Waals surface area (Å²) in [6, 6.07) is 0. The molecule has 0 bridgehead atoms. The van der Waals surface area contributed by atoms with Crippen molar-refractivity contribution in [2.75, 3.05) is 52.4 Å². The molecule has 114 valence electrons. The third kappa shape index (κ3) is 8.61. The predicted octanol–water partition coefficient (Wildman–Crippen LogP) is 2.29. The molecular weight excluding hydrogens is 234 g/mol. The van der Waals surface area contributed by atoms with E-state index in [-0.39, 0.29) is 0 Å². The monoisotopic (exact) mass is 269 g/mol. The van der Waals surface area contributed by atoms with Gasteiger partial charge in [-0.3, -0.25) is 4.90 Å². The van der Waals surface area contributed by atoms with E-state index in [9.17, 15) is 0 Å². The van der Waals surface area contributed by atoms with E-state index in [2.05, 4.69) is 49.7 Å². The van der Waals surface area contributed by atoms with Crippen LogP contribution in [0.4, 0.5) is 0 Å². The van der Waals surface area contributed by atoms with Crippen molar-refractivity contribution in [1.29, 1.82) is 0 Å². The van der Waals surface area contributed by atoms with Crippen LogP contribution < -0.4 is 5.32 Å². The zero-order valence-electron chi connectivity index (χ0n) is 13.8. The van der Waals surface area contributed by atoms with Crippen LogP contribution in [-0.2, 0) is 0 Å². The SMILES string of the molecule is CC(C)CN1CCN(CCNCCC(C)(C)C)CC1. The number of hydrogen-bond acceptors (Lipinski definition) is 3. The minimum atomic E-state index is 0.454. The van der Waals surface area contributed by atoms with Gasteiger partial charge in [-0.05, 0) is 24.3 Å². The van der Waals surface area contributed by atoms with Crippen molar-refractivity contribution in [2.45, 2.75) is 41.0 Å². The summed E-state index contributed by atoms with van der Waals surface area (Å²) in [6.45, 7) is 21.3.